The number of amides is 1. The molecule has 0 N–H and O–H groups in total. The van der Waals surface area contributed by atoms with Gasteiger partial charge in [-0.1, -0.05) is 26.2 Å². The Labute approximate surface area is 92.1 Å². The van der Waals surface area contributed by atoms with Crippen molar-refractivity contribution in [1.29, 1.82) is 5.26 Å². The summed E-state index contributed by atoms with van der Waals surface area (Å²) in [4.78, 5) is 13.9. The van der Waals surface area contributed by atoms with Gasteiger partial charge < -0.3 is 4.90 Å². The summed E-state index contributed by atoms with van der Waals surface area (Å²) >= 11 is 0. The molecule has 3 nitrogen and oxygen atoms in total. The molecule has 0 spiro atoms. The Morgan fingerprint density at radius 2 is 1.93 bits per heavy atom. The molecule has 1 rings (SSSR count). The lowest BCUT2D eigenvalue weighted by Gasteiger charge is -2.22. The van der Waals surface area contributed by atoms with Crippen LogP contribution < -0.4 is 0 Å². The molecule has 1 amide bonds. The molecule has 1 aliphatic heterocycles. The van der Waals surface area contributed by atoms with Gasteiger partial charge in [0.05, 0.1) is 6.07 Å². The van der Waals surface area contributed by atoms with Crippen molar-refractivity contribution in [3.05, 3.63) is 0 Å². The van der Waals surface area contributed by atoms with Crippen molar-refractivity contribution in [3.63, 3.8) is 0 Å². The van der Waals surface area contributed by atoms with Crippen molar-refractivity contribution in [2.24, 2.45) is 5.92 Å². The van der Waals surface area contributed by atoms with E-state index in [1.54, 1.807) is 0 Å². The smallest absolute Gasteiger partial charge is 0.239 e. The van der Waals surface area contributed by atoms with Crippen molar-refractivity contribution in [2.45, 2.75) is 45.4 Å². The molecule has 0 aromatic carbocycles. The van der Waals surface area contributed by atoms with Crippen LogP contribution in [-0.2, 0) is 4.79 Å². The van der Waals surface area contributed by atoms with Crippen LogP contribution in [0.1, 0.15) is 45.4 Å². The van der Waals surface area contributed by atoms with Gasteiger partial charge in [-0.3, -0.25) is 4.79 Å². The van der Waals surface area contributed by atoms with Crippen LogP contribution in [0, 0.1) is 17.2 Å². The Hall–Kier alpha value is -1.04. The lowest BCUT2D eigenvalue weighted by atomic mass is 10.0. The summed E-state index contributed by atoms with van der Waals surface area (Å²) in [5.74, 6) is -0.352. The van der Waals surface area contributed by atoms with Gasteiger partial charge in [0, 0.05) is 13.1 Å². The summed E-state index contributed by atoms with van der Waals surface area (Å²) in [5, 5.41) is 8.93. The van der Waals surface area contributed by atoms with Crippen LogP contribution >= 0.6 is 0 Å². The van der Waals surface area contributed by atoms with Crippen LogP contribution in [0.3, 0.4) is 0 Å². The Morgan fingerprint density at radius 1 is 1.33 bits per heavy atom. The monoisotopic (exact) mass is 208 g/mol. The van der Waals surface area contributed by atoms with E-state index in [9.17, 15) is 4.79 Å². The third kappa shape index (κ3) is 3.54. The molecule has 1 atom stereocenters. The quantitative estimate of drug-likeness (QED) is 0.714. The summed E-state index contributed by atoms with van der Waals surface area (Å²) in [6.45, 7) is 3.71. The van der Waals surface area contributed by atoms with Crippen molar-refractivity contribution >= 4 is 5.91 Å². The molecular weight excluding hydrogens is 188 g/mol. The van der Waals surface area contributed by atoms with E-state index in [1.165, 1.54) is 12.8 Å². The average molecular weight is 208 g/mol. The Morgan fingerprint density at radius 3 is 2.40 bits per heavy atom. The molecule has 1 fully saturated rings. The molecule has 0 aromatic rings. The highest BCUT2D eigenvalue weighted by Gasteiger charge is 2.23. The van der Waals surface area contributed by atoms with Crippen LogP contribution in [0.5, 0.6) is 0 Å². The molecule has 1 unspecified atom stereocenters. The summed E-state index contributed by atoms with van der Waals surface area (Å²) in [6.07, 6.45) is 6.22. The van der Waals surface area contributed by atoms with Gasteiger partial charge in [0.2, 0.25) is 5.91 Å². The van der Waals surface area contributed by atoms with Crippen molar-refractivity contribution in [3.8, 4) is 6.07 Å². The zero-order valence-electron chi connectivity index (χ0n) is 9.54. The van der Waals surface area contributed by atoms with Gasteiger partial charge in [-0.2, -0.15) is 5.26 Å². The van der Waals surface area contributed by atoms with E-state index in [-0.39, 0.29) is 5.91 Å². The normalized spacial score (nSPS) is 19.1. The number of nitrogens with zero attached hydrogens (tertiary/aromatic N) is 2. The average Bonchev–Trinajstić information content (AvgIpc) is 2.53. The zero-order valence-corrected chi connectivity index (χ0v) is 9.54. The van der Waals surface area contributed by atoms with Crippen LogP contribution in [0.15, 0.2) is 0 Å². The van der Waals surface area contributed by atoms with Crippen LogP contribution in [0.25, 0.3) is 0 Å². The predicted molar refractivity (Wildman–Crippen MR) is 59.1 cm³/mol. The van der Waals surface area contributed by atoms with E-state index in [1.807, 2.05) is 11.8 Å². The maximum absolute atomic E-state index is 12.0. The van der Waals surface area contributed by atoms with Crippen LogP contribution in [0.4, 0.5) is 0 Å². The third-order valence-corrected chi connectivity index (χ3v) is 2.95. The number of nitriles is 1. The van der Waals surface area contributed by atoms with Crippen molar-refractivity contribution in [1.82, 2.24) is 4.90 Å². The summed E-state index contributed by atoms with van der Waals surface area (Å²) in [6, 6.07) is 2.13. The predicted octanol–water partition coefficient (Wildman–Crippen LogP) is 2.33. The molecule has 0 radical (unpaired) electrons. The molecule has 1 aliphatic rings. The standard InChI is InChI=1S/C12H20N2O/c1-2-7-11(10-13)12(15)14-8-5-3-4-6-9-14/h11H,2-9H2,1H3. The highest BCUT2D eigenvalue weighted by atomic mass is 16.2. The highest BCUT2D eigenvalue weighted by molar-refractivity contribution is 5.81. The van der Waals surface area contributed by atoms with Crippen LogP contribution in [-0.4, -0.2) is 23.9 Å². The summed E-state index contributed by atoms with van der Waals surface area (Å²) < 4.78 is 0. The van der Waals surface area contributed by atoms with Gasteiger partial charge in [0.1, 0.15) is 5.92 Å². The molecule has 1 heterocycles. The fourth-order valence-corrected chi connectivity index (χ4v) is 2.04. The summed E-state index contributed by atoms with van der Waals surface area (Å²) in [7, 11) is 0. The molecular formula is C12H20N2O. The lowest BCUT2D eigenvalue weighted by Crippen LogP contribution is -2.36. The zero-order chi connectivity index (χ0) is 11.1. The first kappa shape index (κ1) is 12.0. The topological polar surface area (TPSA) is 44.1 Å². The third-order valence-electron chi connectivity index (χ3n) is 2.95. The minimum absolute atomic E-state index is 0.0567. The maximum Gasteiger partial charge on any atom is 0.239 e. The van der Waals surface area contributed by atoms with Crippen molar-refractivity contribution in [2.75, 3.05) is 13.1 Å². The molecule has 0 aliphatic carbocycles. The van der Waals surface area contributed by atoms with E-state index < -0.39 is 5.92 Å². The van der Waals surface area contributed by atoms with E-state index in [4.69, 9.17) is 5.26 Å². The first-order chi connectivity index (χ1) is 7.29. The lowest BCUT2D eigenvalue weighted by molar-refractivity contribution is -0.133. The van der Waals surface area contributed by atoms with Gasteiger partial charge >= 0.3 is 0 Å². The fourth-order valence-electron chi connectivity index (χ4n) is 2.04. The van der Waals surface area contributed by atoms with E-state index in [0.29, 0.717) is 6.42 Å². The number of rotatable bonds is 3. The highest BCUT2D eigenvalue weighted by Crippen LogP contribution is 2.15. The number of carbonyl (C=O) groups excluding carboxylic acids is 1. The second kappa shape index (κ2) is 6.44. The van der Waals surface area contributed by atoms with E-state index in [0.717, 1.165) is 32.4 Å². The van der Waals surface area contributed by atoms with E-state index >= 15 is 0 Å². The van der Waals surface area contributed by atoms with Gasteiger partial charge in [0.25, 0.3) is 0 Å². The molecule has 84 valence electrons. The van der Waals surface area contributed by atoms with Crippen molar-refractivity contribution < 1.29 is 4.79 Å². The minimum Gasteiger partial charge on any atom is -0.342 e. The SMILES string of the molecule is CCCC(C#N)C(=O)N1CCCCCC1. The Bertz CT molecular complexity index is 236. The van der Waals surface area contributed by atoms with E-state index in [2.05, 4.69) is 6.07 Å². The molecule has 1 saturated heterocycles. The second-order valence-electron chi connectivity index (χ2n) is 4.21. The van der Waals surface area contributed by atoms with Gasteiger partial charge in [-0.15, -0.1) is 0 Å². The number of hydrogen-bond acceptors (Lipinski definition) is 2. The number of carbonyl (C=O) groups is 1. The molecule has 0 aromatic heterocycles. The number of hydrogen-bond donors (Lipinski definition) is 0. The Balaban J connectivity index is 2.52. The van der Waals surface area contributed by atoms with Crippen LogP contribution in [0.2, 0.25) is 0 Å². The minimum atomic E-state index is -0.409. The summed E-state index contributed by atoms with van der Waals surface area (Å²) in [5.41, 5.74) is 0. The fraction of sp³-hybridized carbons (Fsp3) is 0.833. The Kier molecular flexibility index (Phi) is 5.17. The molecule has 0 saturated carbocycles. The second-order valence-corrected chi connectivity index (χ2v) is 4.21. The van der Waals surface area contributed by atoms with Gasteiger partial charge in [-0.05, 0) is 19.3 Å². The molecule has 0 bridgehead atoms. The first-order valence-corrected chi connectivity index (χ1v) is 5.98. The molecule has 3 heteroatoms. The maximum atomic E-state index is 12.0. The van der Waals surface area contributed by atoms with Gasteiger partial charge in [0.15, 0.2) is 0 Å². The number of likely N-dealkylation sites (tertiary alicyclic amines) is 1. The first-order valence-electron chi connectivity index (χ1n) is 5.98. The molecule has 15 heavy (non-hydrogen) atoms. The largest absolute Gasteiger partial charge is 0.342 e. The van der Waals surface area contributed by atoms with Gasteiger partial charge in [-0.25, -0.2) is 0 Å².